The van der Waals surface area contributed by atoms with Gasteiger partial charge in [-0.2, -0.15) is 13.2 Å². The van der Waals surface area contributed by atoms with Crippen LogP contribution >= 0.6 is 0 Å². The highest BCUT2D eigenvalue weighted by Crippen LogP contribution is 2.39. The molecule has 2 aliphatic heterocycles. The summed E-state index contributed by atoms with van der Waals surface area (Å²) in [4.78, 5) is 24.5. The highest BCUT2D eigenvalue weighted by atomic mass is 28.4. The van der Waals surface area contributed by atoms with Crippen LogP contribution in [0.3, 0.4) is 0 Å². The normalized spacial score (nSPS) is 26.0. The van der Waals surface area contributed by atoms with E-state index in [4.69, 9.17) is 4.43 Å². The molecule has 0 aromatic carbocycles. The third-order valence-electron chi connectivity index (χ3n) is 6.93. The highest BCUT2D eigenvalue weighted by molar-refractivity contribution is 6.74. The predicted molar refractivity (Wildman–Crippen MR) is 115 cm³/mol. The molecule has 2 unspecified atom stereocenters. The second kappa shape index (κ2) is 8.35. The molecule has 1 amide bonds. The van der Waals surface area contributed by atoms with Crippen molar-refractivity contribution >= 4 is 20.2 Å². The quantitative estimate of drug-likeness (QED) is 0.629. The molecule has 31 heavy (non-hydrogen) atoms. The molecule has 0 saturated carbocycles. The minimum absolute atomic E-state index is 0.00695. The number of hydrogen-bond donors (Lipinski definition) is 0. The van der Waals surface area contributed by atoms with Crippen LogP contribution in [-0.2, 0) is 15.4 Å². The number of nitrogens with zero attached hydrogens (tertiary/aromatic N) is 4. The van der Waals surface area contributed by atoms with Crippen molar-refractivity contribution in [3.8, 4) is 0 Å². The summed E-state index contributed by atoms with van der Waals surface area (Å²) in [6, 6.07) is -0.0442. The number of carbonyl (C=O) groups is 1. The molecule has 6 nitrogen and oxygen atoms in total. The first kappa shape index (κ1) is 24.0. The first-order valence-electron chi connectivity index (χ1n) is 10.8. The van der Waals surface area contributed by atoms with Gasteiger partial charge in [-0.1, -0.05) is 27.7 Å². The smallest absolute Gasteiger partial charge is 0.410 e. The fourth-order valence-electron chi connectivity index (χ4n) is 3.92. The van der Waals surface area contributed by atoms with Crippen LogP contribution in [0.4, 0.5) is 19.1 Å². The van der Waals surface area contributed by atoms with Crippen molar-refractivity contribution in [1.82, 2.24) is 14.9 Å². The van der Waals surface area contributed by atoms with Gasteiger partial charge in [0.1, 0.15) is 0 Å². The zero-order chi connectivity index (χ0) is 23.2. The van der Waals surface area contributed by atoms with Crippen molar-refractivity contribution in [3.05, 3.63) is 18.0 Å². The lowest BCUT2D eigenvalue weighted by atomic mass is 10.0. The van der Waals surface area contributed by atoms with E-state index in [-0.39, 0.29) is 35.0 Å². The largest absolute Gasteiger partial charge is 0.419 e. The third-order valence-corrected chi connectivity index (χ3v) is 11.4. The summed E-state index contributed by atoms with van der Waals surface area (Å²) in [5.74, 6) is 0.439. The van der Waals surface area contributed by atoms with Gasteiger partial charge >= 0.3 is 6.18 Å². The number of anilines is 1. The van der Waals surface area contributed by atoms with Crippen molar-refractivity contribution in [2.24, 2.45) is 5.92 Å². The monoisotopic (exact) mass is 458 g/mol. The number of amides is 1. The lowest BCUT2D eigenvalue weighted by Gasteiger charge is -2.47. The summed E-state index contributed by atoms with van der Waals surface area (Å²) < 4.78 is 45.4. The number of piperidine rings is 1. The van der Waals surface area contributed by atoms with Gasteiger partial charge in [-0.3, -0.25) is 4.79 Å². The molecule has 2 aliphatic rings. The first-order chi connectivity index (χ1) is 14.2. The number of carbonyl (C=O) groups excluding carboxylic acids is 1. The predicted octanol–water partition coefficient (Wildman–Crippen LogP) is 4.33. The maximum absolute atomic E-state index is 12.9. The second-order valence-corrected chi connectivity index (χ2v) is 15.0. The molecule has 1 aromatic heterocycles. The minimum Gasteiger partial charge on any atom is -0.410 e. The van der Waals surface area contributed by atoms with Gasteiger partial charge in [0.25, 0.3) is 0 Å². The van der Waals surface area contributed by atoms with Gasteiger partial charge in [0.15, 0.2) is 8.32 Å². The van der Waals surface area contributed by atoms with Crippen molar-refractivity contribution in [1.29, 1.82) is 0 Å². The molecule has 3 atom stereocenters. The van der Waals surface area contributed by atoms with E-state index in [1.165, 1.54) is 0 Å². The Kier molecular flexibility index (Phi) is 6.45. The topological polar surface area (TPSA) is 58.6 Å². The van der Waals surface area contributed by atoms with Crippen molar-refractivity contribution in [2.45, 2.75) is 77.0 Å². The molecule has 0 radical (unpaired) electrons. The van der Waals surface area contributed by atoms with Crippen LogP contribution in [0.15, 0.2) is 12.4 Å². The molecule has 3 rings (SSSR count). The number of likely N-dealkylation sites (tertiary alicyclic amines) is 1. The van der Waals surface area contributed by atoms with Crippen LogP contribution < -0.4 is 4.90 Å². The van der Waals surface area contributed by atoms with E-state index < -0.39 is 20.1 Å². The molecule has 3 heterocycles. The van der Waals surface area contributed by atoms with E-state index >= 15 is 0 Å². The van der Waals surface area contributed by atoms with Crippen LogP contribution in [0, 0.1) is 5.92 Å². The zero-order valence-electron chi connectivity index (χ0n) is 19.2. The highest BCUT2D eigenvalue weighted by Gasteiger charge is 2.46. The van der Waals surface area contributed by atoms with E-state index in [1.807, 2.05) is 16.7 Å². The summed E-state index contributed by atoms with van der Waals surface area (Å²) in [5.41, 5.74) is -0.864. The molecule has 2 fully saturated rings. The van der Waals surface area contributed by atoms with Gasteiger partial charge in [0.05, 0.1) is 17.7 Å². The molecule has 0 aliphatic carbocycles. The van der Waals surface area contributed by atoms with Gasteiger partial charge in [0, 0.05) is 37.9 Å². The van der Waals surface area contributed by atoms with Crippen molar-refractivity contribution in [3.63, 3.8) is 0 Å². The Morgan fingerprint density at radius 1 is 1.10 bits per heavy atom. The van der Waals surface area contributed by atoms with Crippen molar-refractivity contribution in [2.75, 3.05) is 24.5 Å². The zero-order valence-corrected chi connectivity index (χ0v) is 20.2. The van der Waals surface area contributed by atoms with Crippen LogP contribution in [0.5, 0.6) is 0 Å². The molecular formula is C21H33F3N4O2Si. The number of alkyl halides is 3. The van der Waals surface area contributed by atoms with Crippen molar-refractivity contribution < 1.29 is 22.4 Å². The Morgan fingerprint density at radius 2 is 1.71 bits per heavy atom. The van der Waals surface area contributed by atoms with Gasteiger partial charge in [-0.05, 0) is 31.0 Å². The number of rotatable bonds is 4. The molecule has 0 bridgehead atoms. The Morgan fingerprint density at radius 3 is 2.19 bits per heavy atom. The number of aromatic nitrogens is 2. The van der Waals surface area contributed by atoms with Gasteiger partial charge in [-0.15, -0.1) is 0 Å². The van der Waals surface area contributed by atoms with E-state index in [2.05, 4.69) is 43.8 Å². The fraction of sp³-hybridized carbons (Fsp3) is 0.762. The van der Waals surface area contributed by atoms with Crippen LogP contribution in [0.2, 0.25) is 18.1 Å². The van der Waals surface area contributed by atoms with E-state index in [9.17, 15) is 18.0 Å². The number of halogens is 3. The SMILES string of the molecule is C[C@H]1CCN(C2CCN(c3ncc(C(F)(F)F)cn3)CC2O[Si](C)(C)C(C)(C)C)C1=O. The maximum Gasteiger partial charge on any atom is 0.419 e. The lowest BCUT2D eigenvalue weighted by molar-refractivity contribution is -0.138. The second-order valence-electron chi connectivity index (χ2n) is 10.2. The lowest BCUT2D eigenvalue weighted by Crippen LogP contribution is -2.59. The molecule has 2 saturated heterocycles. The molecule has 0 N–H and O–H groups in total. The number of hydrogen-bond acceptors (Lipinski definition) is 5. The summed E-state index contributed by atoms with van der Waals surface area (Å²) in [5, 5.41) is -0.00695. The Bertz CT molecular complexity index is 795. The Labute approximate surface area is 183 Å². The molecule has 174 valence electrons. The molecular weight excluding hydrogens is 425 g/mol. The summed E-state index contributed by atoms with van der Waals surface area (Å²) >= 11 is 0. The van der Waals surface area contributed by atoms with Crippen LogP contribution in [0.1, 0.15) is 46.1 Å². The van der Waals surface area contributed by atoms with E-state index in [1.54, 1.807) is 0 Å². The van der Waals surface area contributed by atoms with Gasteiger partial charge < -0.3 is 14.2 Å². The summed E-state index contributed by atoms with van der Waals surface area (Å²) in [6.07, 6.45) is -1.55. The Hall–Kier alpha value is -1.68. The standard InChI is InChI=1S/C21H33F3N4O2Si/c1-14-7-10-28(18(14)29)16-8-9-27(13-17(16)30-31(5,6)20(2,3)4)19-25-11-15(12-26-19)21(22,23)24/h11-12,14,16-17H,7-10,13H2,1-6H3/t14-,16?,17?/m0/s1. The average molecular weight is 459 g/mol. The summed E-state index contributed by atoms with van der Waals surface area (Å²) in [7, 11) is -2.14. The third kappa shape index (κ3) is 5.05. The van der Waals surface area contributed by atoms with E-state index in [0.717, 1.165) is 25.4 Å². The fourth-order valence-corrected chi connectivity index (χ4v) is 5.27. The molecule has 1 aromatic rings. The van der Waals surface area contributed by atoms with Gasteiger partial charge in [0.2, 0.25) is 11.9 Å². The molecule has 10 heteroatoms. The maximum atomic E-state index is 12.9. The van der Waals surface area contributed by atoms with Crippen LogP contribution in [-0.4, -0.2) is 60.9 Å². The van der Waals surface area contributed by atoms with E-state index in [0.29, 0.717) is 19.5 Å². The van der Waals surface area contributed by atoms with Crippen LogP contribution in [0.25, 0.3) is 0 Å². The molecule has 0 spiro atoms. The first-order valence-corrected chi connectivity index (χ1v) is 13.7. The average Bonchev–Trinajstić information content (AvgIpc) is 2.99. The minimum atomic E-state index is -4.47. The summed E-state index contributed by atoms with van der Waals surface area (Å²) in [6.45, 7) is 14.5. The van der Waals surface area contributed by atoms with Gasteiger partial charge in [-0.25, -0.2) is 9.97 Å². The Balaban J connectivity index is 1.84.